The Morgan fingerprint density at radius 2 is 1.79 bits per heavy atom. The lowest BCUT2D eigenvalue weighted by molar-refractivity contribution is 0.385. The Bertz CT molecular complexity index is 1180. The van der Waals surface area contributed by atoms with Gasteiger partial charge in [0.2, 0.25) is 0 Å². The van der Waals surface area contributed by atoms with Crippen molar-refractivity contribution in [3.8, 4) is 16.9 Å². The predicted molar refractivity (Wildman–Crippen MR) is 111 cm³/mol. The minimum atomic E-state index is -4.01. The highest BCUT2D eigenvalue weighted by molar-refractivity contribution is 9.10. The van der Waals surface area contributed by atoms with Gasteiger partial charge in [0.25, 0.3) is 10.0 Å². The molecule has 0 saturated carbocycles. The molecular formula is C21H17BrFNO3S. The summed E-state index contributed by atoms with van der Waals surface area (Å²) in [5, 5.41) is 0. The maximum Gasteiger partial charge on any atom is 0.265 e. The summed E-state index contributed by atoms with van der Waals surface area (Å²) >= 11 is 3.47. The highest BCUT2D eigenvalue weighted by Crippen LogP contribution is 2.47. The summed E-state index contributed by atoms with van der Waals surface area (Å²) in [5.41, 5.74) is 3.25. The van der Waals surface area contributed by atoms with Crippen LogP contribution in [-0.4, -0.2) is 15.5 Å². The van der Waals surface area contributed by atoms with E-state index < -0.39 is 21.9 Å². The largest absolute Gasteiger partial charge is 0.494 e. The second-order valence-corrected chi connectivity index (χ2v) is 9.25. The fourth-order valence-electron chi connectivity index (χ4n) is 3.62. The van der Waals surface area contributed by atoms with Crippen molar-refractivity contribution >= 4 is 31.6 Å². The van der Waals surface area contributed by atoms with E-state index in [4.69, 9.17) is 4.74 Å². The third kappa shape index (κ3) is 2.89. The Morgan fingerprint density at radius 1 is 1.04 bits per heavy atom. The maximum atomic E-state index is 14.2. The summed E-state index contributed by atoms with van der Waals surface area (Å²) in [7, 11) is -2.67. The van der Waals surface area contributed by atoms with Crippen molar-refractivity contribution in [1.29, 1.82) is 0 Å². The van der Waals surface area contributed by atoms with Crippen LogP contribution in [0.5, 0.6) is 5.75 Å². The molecule has 3 aromatic rings. The van der Waals surface area contributed by atoms with Crippen LogP contribution in [0.4, 0.5) is 10.1 Å². The van der Waals surface area contributed by atoms with Crippen LogP contribution in [0.2, 0.25) is 0 Å². The molecule has 0 radical (unpaired) electrons. The normalized spacial score (nSPS) is 15.7. The molecule has 28 heavy (non-hydrogen) atoms. The van der Waals surface area contributed by atoms with Gasteiger partial charge in [0.1, 0.15) is 0 Å². The number of hydrogen-bond donors (Lipinski definition) is 0. The van der Waals surface area contributed by atoms with Gasteiger partial charge in [-0.25, -0.2) is 12.8 Å². The van der Waals surface area contributed by atoms with Gasteiger partial charge in [-0.1, -0.05) is 40.2 Å². The SMILES string of the molecule is COc1ccc(S(=O)(=O)N2c3ccc(Br)cc3-c3ccccc3C2C)cc1F. The van der Waals surface area contributed by atoms with Gasteiger partial charge in [0, 0.05) is 10.0 Å². The molecule has 4 rings (SSSR count). The highest BCUT2D eigenvalue weighted by Gasteiger charge is 2.37. The fourth-order valence-corrected chi connectivity index (χ4v) is 5.65. The van der Waals surface area contributed by atoms with E-state index in [9.17, 15) is 12.8 Å². The Balaban J connectivity index is 1.94. The van der Waals surface area contributed by atoms with E-state index >= 15 is 0 Å². The van der Waals surface area contributed by atoms with Crippen LogP contribution in [0.15, 0.2) is 70.0 Å². The lowest BCUT2D eigenvalue weighted by Gasteiger charge is -2.37. The summed E-state index contributed by atoms with van der Waals surface area (Å²) in [6.45, 7) is 1.83. The zero-order chi connectivity index (χ0) is 20.1. The first kappa shape index (κ1) is 19.0. The van der Waals surface area contributed by atoms with Gasteiger partial charge in [-0.3, -0.25) is 4.31 Å². The Hall–Kier alpha value is -2.38. The third-order valence-corrected chi connectivity index (χ3v) is 7.30. The Kier molecular flexibility index (Phi) is 4.67. The summed E-state index contributed by atoms with van der Waals surface area (Å²) < 4.78 is 48.4. The number of methoxy groups -OCH3 is 1. The minimum absolute atomic E-state index is 0.000295. The van der Waals surface area contributed by atoms with Gasteiger partial charge in [-0.2, -0.15) is 0 Å². The van der Waals surface area contributed by atoms with E-state index in [-0.39, 0.29) is 10.6 Å². The monoisotopic (exact) mass is 461 g/mol. The number of benzene rings is 3. The summed E-state index contributed by atoms with van der Waals surface area (Å²) in [4.78, 5) is -0.120. The second-order valence-electron chi connectivity index (χ2n) is 6.52. The topological polar surface area (TPSA) is 46.6 Å². The molecule has 144 valence electrons. The van der Waals surface area contributed by atoms with Gasteiger partial charge < -0.3 is 4.74 Å². The first-order valence-electron chi connectivity index (χ1n) is 8.61. The van der Waals surface area contributed by atoms with E-state index in [2.05, 4.69) is 15.9 Å². The van der Waals surface area contributed by atoms with Gasteiger partial charge >= 0.3 is 0 Å². The van der Waals surface area contributed by atoms with Gasteiger partial charge in [-0.15, -0.1) is 0 Å². The number of fused-ring (bicyclic) bond motifs is 3. The smallest absolute Gasteiger partial charge is 0.265 e. The lowest BCUT2D eigenvalue weighted by atomic mass is 9.90. The number of sulfonamides is 1. The van der Waals surface area contributed by atoms with E-state index in [1.165, 1.54) is 23.5 Å². The van der Waals surface area contributed by atoms with Crippen LogP contribution in [0.3, 0.4) is 0 Å². The molecule has 7 heteroatoms. The highest BCUT2D eigenvalue weighted by atomic mass is 79.9. The van der Waals surface area contributed by atoms with Crippen LogP contribution in [-0.2, 0) is 10.0 Å². The summed E-state index contributed by atoms with van der Waals surface area (Å²) in [6, 6.07) is 16.4. The molecule has 1 atom stereocenters. The number of rotatable bonds is 3. The molecule has 0 fully saturated rings. The molecule has 1 aliphatic heterocycles. The van der Waals surface area contributed by atoms with Crippen LogP contribution < -0.4 is 9.04 Å². The minimum Gasteiger partial charge on any atom is -0.494 e. The number of hydrogen-bond acceptors (Lipinski definition) is 3. The molecule has 0 bridgehead atoms. The zero-order valence-electron chi connectivity index (χ0n) is 15.2. The van der Waals surface area contributed by atoms with Crippen LogP contribution in [0.1, 0.15) is 18.5 Å². The van der Waals surface area contributed by atoms with Crippen molar-refractivity contribution in [3.63, 3.8) is 0 Å². The molecule has 0 N–H and O–H groups in total. The van der Waals surface area contributed by atoms with Crippen molar-refractivity contribution in [2.24, 2.45) is 0 Å². The van der Waals surface area contributed by atoms with Gasteiger partial charge in [-0.05, 0) is 54.4 Å². The summed E-state index contributed by atoms with van der Waals surface area (Å²) in [6.07, 6.45) is 0. The number of halogens is 2. The van der Waals surface area contributed by atoms with Crippen molar-refractivity contribution in [3.05, 3.63) is 76.5 Å². The standard InChI is InChI=1S/C21H17BrFNO3S/c1-13-16-5-3-4-6-17(16)18-11-14(22)7-9-20(18)24(13)28(25,26)15-8-10-21(27-2)19(23)12-15/h3-13H,1-2H3. The molecule has 0 aromatic heterocycles. The van der Waals surface area contributed by atoms with Crippen molar-refractivity contribution in [2.75, 3.05) is 11.4 Å². The first-order valence-corrected chi connectivity index (χ1v) is 10.8. The molecule has 1 heterocycles. The van der Waals surface area contributed by atoms with Crippen molar-refractivity contribution in [2.45, 2.75) is 17.9 Å². The molecule has 0 spiro atoms. The number of nitrogens with zero attached hydrogens (tertiary/aromatic N) is 1. The average Bonchev–Trinajstić information content (AvgIpc) is 2.68. The van der Waals surface area contributed by atoms with Crippen LogP contribution >= 0.6 is 15.9 Å². The first-order chi connectivity index (χ1) is 13.3. The molecule has 1 unspecified atom stereocenters. The van der Waals surface area contributed by atoms with E-state index in [1.54, 1.807) is 12.1 Å². The molecule has 3 aromatic carbocycles. The van der Waals surface area contributed by atoms with Gasteiger partial charge in [0.05, 0.1) is 23.7 Å². The third-order valence-electron chi connectivity index (χ3n) is 4.93. The molecule has 0 amide bonds. The summed E-state index contributed by atoms with van der Waals surface area (Å²) in [5.74, 6) is -0.718. The fraction of sp³-hybridized carbons (Fsp3) is 0.143. The average molecular weight is 462 g/mol. The predicted octanol–water partition coefficient (Wildman–Crippen LogP) is 5.53. The molecular weight excluding hydrogens is 445 g/mol. The molecule has 4 nitrogen and oxygen atoms in total. The molecule has 0 aliphatic carbocycles. The van der Waals surface area contributed by atoms with E-state index in [0.717, 1.165) is 27.2 Å². The quantitative estimate of drug-likeness (QED) is 0.514. The van der Waals surface area contributed by atoms with E-state index in [0.29, 0.717) is 5.69 Å². The van der Waals surface area contributed by atoms with E-state index in [1.807, 2.05) is 37.3 Å². The maximum absolute atomic E-state index is 14.2. The van der Waals surface area contributed by atoms with Crippen LogP contribution in [0, 0.1) is 5.82 Å². The van der Waals surface area contributed by atoms with Gasteiger partial charge in [0.15, 0.2) is 11.6 Å². The second kappa shape index (κ2) is 6.90. The van der Waals surface area contributed by atoms with Crippen molar-refractivity contribution in [1.82, 2.24) is 0 Å². The zero-order valence-corrected chi connectivity index (χ0v) is 17.6. The lowest BCUT2D eigenvalue weighted by Crippen LogP contribution is -2.36. The number of ether oxygens (including phenoxy) is 1. The number of anilines is 1. The Morgan fingerprint density at radius 3 is 2.50 bits per heavy atom. The molecule has 0 saturated heterocycles. The van der Waals surface area contributed by atoms with Crippen LogP contribution in [0.25, 0.3) is 11.1 Å². The van der Waals surface area contributed by atoms with Crippen molar-refractivity contribution < 1.29 is 17.5 Å². The Labute approximate surface area is 171 Å². The molecule has 1 aliphatic rings.